The Morgan fingerprint density at radius 1 is 1.37 bits per heavy atom. The summed E-state index contributed by atoms with van der Waals surface area (Å²) in [7, 11) is 0. The third-order valence-electron chi connectivity index (χ3n) is 3.96. The Hall–Kier alpha value is -2.19. The van der Waals surface area contributed by atoms with Crippen LogP contribution in [-0.4, -0.2) is 63.5 Å². The van der Waals surface area contributed by atoms with Crippen LogP contribution in [0.4, 0.5) is 4.79 Å². The second-order valence-corrected chi connectivity index (χ2v) is 7.72. The highest BCUT2D eigenvalue weighted by Crippen LogP contribution is 2.25. The number of halogens is 1. The van der Waals surface area contributed by atoms with Crippen molar-refractivity contribution >= 4 is 28.7 Å². The molecule has 1 amide bonds. The van der Waals surface area contributed by atoms with Crippen LogP contribution in [0.2, 0.25) is 5.15 Å². The molecule has 8 nitrogen and oxygen atoms in total. The van der Waals surface area contributed by atoms with Gasteiger partial charge in [-0.15, -0.1) is 0 Å². The van der Waals surface area contributed by atoms with E-state index >= 15 is 0 Å². The first-order chi connectivity index (χ1) is 12.7. The van der Waals surface area contributed by atoms with Crippen molar-refractivity contribution in [3.8, 4) is 5.88 Å². The molecule has 3 rings (SSSR count). The number of pyridine rings is 1. The highest BCUT2D eigenvalue weighted by Gasteiger charge is 2.32. The van der Waals surface area contributed by atoms with Crippen LogP contribution in [0.25, 0.3) is 11.0 Å². The summed E-state index contributed by atoms with van der Waals surface area (Å²) in [5, 5.41) is 0.269. The molecule has 0 saturated carbocycles. The van der Waals surface area contributed by atoms with Gasteiger partial charge >= 0.3 is 6.09 Å². The van der Waals surface area contributed by atoms with Gasteiger partial charge in [0.15, 0.2) is 5.52 Å². The van der Waals surface area contributed by atoms with Gasteiger partial charge in [0.25, 0.3) is 0 Å². The number of amides is 1. The number of carbonyl (C=O) groups excluding carboxylic acids is 1. The van der Waals surface area contributed by atoms with Crippen LogP contribution in [0.15, 0.2) is 18.5 Å². The van der Waals surface area contributed by atoms with Crippen molar-refractivity contribution in [3.05, 3.63) is 23.6 Å². The van der Waals surface area contributed by atoms with E-state index in [9.17, 15) is 4.79 Å². The summed E-state index contributed by atoms with van der Waals surface area (Å²) in [6, 6.07) is 1.63. The van der Waals surface area contributed by atoms with E-state index in [0.717, 1.165) is 0 Å². The Labute approximate surface area is 162 Å². The minimum atomic E-state index is -0.546. The van der Waals surface area contributed by atoms with Gasteiger partial charge in [-0.25, -0.2) is 9.78 Å². The second-order valence-electron chi connectivity index (χ2n) is 7.33. The molecule has 0 bridgehead atoms. The molecule has 1 unspecified atom stereocenters. The van der Waals surface area contributed by atoms with E-state index < -0.39 is 5.60 Å². The van der Waals surface area contributed by atoms with Crippen LogP contribution in [-0.2, 0) is 9.47 Å². The number of carbonyl (C=O) groups is 1. The molecule has 27 heavy (non-hydrogen) atoms. The van der Waals surface area contributed by atoms with Crippen LogP contribution in [0.3, 0.4) is 0 Å². The Bertz CT molecular complexity index is 827. The molecule has 146 valence electrons. The van der Waals surface area contributed by atoms with E-state index in [0.29, 0.717) is 30.7 Å². The fourth-order valence-electron chi connectivity index (χ4n) is 2.70. The van der Waals surface area contributed by atoms with Crippen molar-refractivity contribution in [3.63, 3.8) is 0 Å². The molecule has 1 aliphatic heterocycles. The summed E-state index contributed by atoms with van der Waals surface area (Å²) >= 11 is 6.06. The number of aromatic nitrogens is 3. The van der Waals surface area contributed by atoms with E-state index in [1.54, 1.807) is 23.4 Å². The molecule has 1 aliphatic rings. The van der Waals surface area contributed by atoms with Crippen molar-refractivity contribution in [1.82, 2.24) is 19.9 Å². The zero-order valence-electron chi connectivity index (χ0n) is 15.8. The third kappa shape index (κ3) is 4.95. The van der Waals surface area contributed by atoms with Crippen molar-refractivity contribution in [2.45, 2.75) is 45.5 Å². The smallest absolute Gasteiger partial charge is 0.410 e. The predicted molar refractivity (Wildman–Crippen MR) is 100.0 cm³/mol. The maximum atomic E-state index is 12.3. The predicted octanol–water partition coefficient (Wildman–Crippen LogP) is 3.08. The van der Waals surface area contributed by atoms with Crippen molar-refractivity contribution in [1.29, 1.82) is 0 Å². The molecular formula is C18H23ClN4O4. The van der Waals surface area contributed by atoms with Gasteiger partial charge in [0.1, 0.15) is 23.0 Å². The van der Waals surface area contributed by atoms with Gasteiger partial charge in [-0.05, 0) is 27.7 Å². The molecule has 1 fully saturated rings. The quantitative estimate of drug-likeness (QED) is 0.739. The van der Waals surface area contributed by atoms with Gasteiger partial charge in [0, 0.05) is 25.0 Å². The average Bonchev–Trinajstić information content (AvgIpc) is 2.60. The third-order valence-corrected chi connectivity index (χ3v) is 4.15. The van der Waals surface area contributed by atoms with E-state index in [1.807, 2.05) is 27.7 Å². The molecule has 0 aliphatic carbocycles. The lowest BCUT2D eigenvalue weighted by Gasteiger charge is -2.36. The molecule has 0 aromatic carbocycles. The fourth-order valence-corrected chi connectivity index (χ4v) is 2.88. The monoisotopic (exact) mass is 394 g/mol. The number of ether oxygens (including phenoxy) is 3. The number of nitrogens with zero attached hydrogens (tertiary/aromatic N) is 4. The fraction of sp³-hybridized carbons (Fsp3) is 0.556. The zero-order chi connectivity index (χ0) is 19.6. The molecule has 0 radical (unpaired) electrons. The van der Waals surface area contributed by atoms with Gasteiger partial charge in [-0.1, -0.05) is 11.6 Å². The summed E-state index contributed by atoms with van der Waals surface area (Å²) < 4.78 is 17.2. The molecule has 2 aromatic rings. The first-order valence-electron chi connectivity index (χ1n) is 8.76. The molecule has 1 saturated heterocycles. The lowest BCUT2D eigenvalue weighted by Crippen LogP contribution is -2.51. The number of hydrogen-bond donors (Lipinski definition) is 0. The van der Waals surface area contributed by atoms with Crippen LogP contribution >= 0.6 is 11.6 Å². The molecule has 0 spiro atoms. The minimum Gasteiger partial charge on any atom is -0.470 e. The maximum absolute atomic E-state index is 12.3. The molecule has 3 heterocycles. The van der Waals surface area contributed by atoms with Crippen LogP contribution in [0.5, 0.6) is 5.88 Å². The van der Waals surface area contributed by atoms with Crippen LogP contribution in [0.1, 0.15) is 27.7 Å². The summed E-state index contributed by atoms with van der Waals surface area (Å²) in [5.41, 5.74) is 0.572. The zero-order valence-corrected chi connectivity index (χ0v) is 16.6. The topological polar surface area (TPSA) is 86.7 Å². The maximum Gasteiger partial charge on any atom is 0.410 e. The standard InChI is InChI=1S/C18H23ClN4O4/c1-11(13-10-23(7-8-25-13)17(24)27-18(2,3)4)26-16-15-12(9-14(19)22-16)20-5-6-21-15/h5-6,9,11,13H,7-8,10H2,1-4H3/t11?,13-/m0/s1. The van der Waals surface area contributed by atoms with Gasteiger partial charge in [-0.2, -0.15) is 4.98 Å². The molecule has 0 N–H and O–H groups in total. The Balaban J connectivity index is 1.71. The molecule has 9 heteroatoms. The number of fused-ring (bicyclic) bond motifs is 1. The van der Waals surface area contributed by atoms with Crippen LogP contribution in [0, 0.1) is 0 Å². The largest absolute Gasteiger partial charge is 0.470 e. The highest BCUT2D eigenvalue weighted by molar-refractivity contribution is 6.30. The summed E-state index contributed by atoms with van der Waals surface area (Å²) in [4.78, 5) is 26.7. The lowest BCUT2D eigenvalue weighted by molar-refractivity contribution is -0.0782. The Morgan fingerprint density at radius 3 is 2.85 bits per heavy atom. The average molecular weight is 395 g/mol. The van der Waals surface area contributed by atoms with E-state index in [-0.39, 0.29) is 29.3 Å². The van der Waals surface area contributed by atoms with Crippen LogP contribution < -0.4 is 4.74 Å². The SMILES string of the molecule is CC(Oc1nc(Cl)cc2nccnc12)[C@@H]1CN(C(=O)OC(C)(C)C)CCO1. The highest BCUT2D eigenvalue weighted by atomic mass is 35.5. The normalized spacial score (nSPS) is 19.0. The van der Waals surface area contributed by atoms with Crippen molar-refractivity contribution in [2.24, 2.45) is 0 Å². The number of morpholine rings is 1. The van der Waals surface area contributed by atoms with Crippen molar-refractivity contribution < 1.29 is 19.0 Å². The van der Waals surface area contributed by atoms with Gasteiger partial charge in [-0.3, -0.25) is 4.98 Å². The number of hydrogen-bond acceptors (Lipinski definition) is 7. The van der Waals surface area contributed by atoms with E-state index in [4.69, 9.17) is 25.8 Å². The molecule has 2 atom stereocenters. The van der Waals surface area contributed by atoms with E-state index in [1.165, 1.54) is 0 Å². The second kappa shape index (κ2) is 7.82. The summed E-state index contributed by atoms with van der Waals surface area (Å²) in [6.07, 6.45) is 2.07. The summed E-state index contributed by atoms with van der Waals surface area (Å²) in [6.45, 7) is 8.61. The van der Waals surface area contributed by atoms with Gasteiger partial charge < -0.3 is 19.1 Å². The first kappa shape index (κ1) is 19.6. The Morgan fingerprint density at radius 2 is 2.11 bits per heavy atom. The Kier molecular flexibility index (Phi) is 5.67. The summed E-state index contributed by atoms with van der Waals surface area (Å²) in [5.74, 6) is 0.288. The lowest BCUT2D eigenvalue weighted by atomic mass is 10.2. The van der Waals surface area contributed by atoms with E-state index in [2.05, 4.69) is 15.0 Å². The first-order valence-corrected chi connectivity index (χ1v) is 9.14. The van der Waals surface area contributed by atoms with Gasteiger partial charge in [0.05, 0.1) is 18.7 Å². The number of rotatable bonds is 3. The van der Waals surface area contributed by atoms with Gasteiger partial charge in [0.2, 0.25) is 5.88 Å². The minimum absolute atomic E-state index is 0.269. The van der Waals surface area contributed by atoms with Crippen molar-refractivity contribution in [2.75, 3.05) is 19.7 Å². The molecule has 2 aromatic heterocycles. The molecular weight excluding hydrogens is 372 g/mol.